The van der Waals surface area contributed by atoms with E-state index in [1.54, 1.807) is 0 Å². The van der Waals surface area contributed by atoms with Crippen LogP contribution in [-0.2, 0) is 9.47 Å². The third-order valence-corrected chi connectivity index (χ3v) is 3.00. The molecule has 0 radical (unpaired) electrons. The van der Waals surface area contributed by atoms with E-state index in [4.69, 9.17) is 21.1 Å². The molecule has 0 amide bonds. The van der Waals surface area contributed by atoms with Crippen molar-refractivity contribution in [1.82, 2.24) is 4.98 Å². The number of carbonyl (C=O) groups is 1. The Morgan fingerprint density at radius 1 is 1.24 bits per heavy atom. The lowest BCUT2D eigenvalue weighted by atomic mass is 10.2. The maximum absolute atomic E-state index is 11.3. The van der Waals surface area contributed by atoms with Crippen molar-refractivity contribution >= 4 is 23.4 Å². The van der Waals surface area contributed by atoms with Crippen LogP contribution in [0.3, 0.4) is 0 Å². The molecular formula is C14H21ClN2O4. The average molecular weight is 317 g/mol. The van der Waals surface area contributed by atoms with E-state index in [1.807, 2.05) is 18.7 Å². The number of halogens is 1. The molecule has 0 aliphatic rings. The van der Waals surface area contributed by atoms with Gasteiger partial charge in [-0.05, 0) is 26.0 Å². The smallest absolute Gasteiger partial charge is 0.339 e. The number of hydrogen-bond acceptors (Lipinski definition) is 5. The summed E-state index contributed by atoms with van der Waals surface area (Å²) in [7, 11) is 0. The number of rotatable bonds is 10. The summed E-state index contributed by atoms with van der Waals surface area (Å²) < 4.78 is 10.7. The molecule has 0 aliphatic heterocycles. The summed E-state index contributed by atoms with van der Waals surface area (Å²) in [4.78, 5) is 17.3. The van der Waals surface area contributed by atoms with E-state index in [1.165, 1.54) is 12.1 Å². The summed E-state index contributed by atoms with van der Waals surface area (Å²) in [6.45, 7) is 7.03. The van der Waals surface area contributed by atoms with E-state index < -0.39 is 5.97 Å². The van der Waals surface area contributed by atoms with E-state index in [-0.39, 0.29) is 10.7 Å². The predicted molar refractivity (Wildman–Crippen MR) is 81.4 cm³/mol. The molecule has 118 valence electrons. The predicted octanol–water partition coefficient (Wildman–Crippen LogP) is 2.31. The number of aromatic carboxylic acids is 1. The molecule has 1 aromatic heterocycles. The van der Waals surface area contributed by atoms with Crippen LogP contribution in [0.2, 0.25) is 5.15 Å². The fraction of sp³-hybridized carbons (Fsp3) is 0.571. The molecule has 0 fully saturated rings. The van der Waals surface area contributed by atoms with Gasteiger partial charge in [-0.15, -0.1) is 0 Å². The lowest BCUT2D eigenvalue weighted by molar-refractivity contribution is 0.0696. The number of pyridine rings is 1. The van der Waals surface area contributed by atoms with Gasteiger partial charge < -0.3 is 19.5 Å². The zero-order chi connectivity index (χ0) is 15.7. The number of aromatic nitrogens is 1. The fourth-order valence-corrected chi connectivity index (χ4v) is 1.94. The Morgan fingerprint density at radius 2 is 1.81 bits per heavy atom. The second kappa shape index (κ2) is 9.55. The minimum atomic E-state index is -1.04. The molecule has 0 aromatic carbocycles. The molecule has 0 spiro atoms. The molecule has 0 saturated heterocycles. The quantitative estimate of drug-likeness (QED) is 0.527. The van der Waals surface area contributed by atoms with Crippen LogP contribution in [0.4, 0.5) is 5.82 Å². The standard InChI is InChI=1S/C14H21ClN2O4/c1-3-20-9-7-17(8-10-21-4-2)13-11(14(18)19)5-6-12(15)16-13/h5-6H,3-4,7-10H2,1-2H3,(H,18,19). The minimum absolute atomic E-state index is 0.118. The highest BCUT2D eigenvalue weighted by atomic mass is 35.5. The Morgan fingerprint density at radius 3 is 2.29 bits per heavy atom. The van der Waals surface area contributed by atoms with Crippen molar-refractivity contribution in [3.63, 3.8) is 0 Å². The zero-order valence-electron chi connectivity index (χ0n) is 12.3. The number of carboxylic acid groups (broad SMARTS) is 1. The van der Waals surface area contributed by atoms with Gasteiger partial charge in [-0.1, -0.05) is 11.6 Å². The third kappa shape index (κ3) is 5.87. The van der Waals surface area contributed by atoms with Crippen molar-refractivity contribution in [2.24, 2.45) is 0 Å². The van der Waals surface area contributed by atoms with Crippen molar-refractivity contribution in [3.8, 4) is 0 Å². The van der Waals surface area contributed by atoms with Crippen molar-refractivity contribution in [2.45, 2.75) is 13.8 Å². The van der Waals surface area contributed by atoms with Crippen molar-refractivity contribution in [1.29, 1.82) is 0 Å². The maximum atomic E-state index is 11.3. The molecule has 0 aliphatic carbocycles. The number of nitrogens with zero attached hydrogens (tertiary/aromatic N) is 2. The molecule has 1 heterocycles. The van der Waals surface area contributed by atoms with Gasteiger partial charge in [-0.25, -0.2) is 9.78 Å². The van der Waals surface area contributed by atoms with E-state index in [0.717, 1.165) is 0 Å². The van der Waals surface area contributed by atoms with Gasteiger partial charge >= 0.3 is 5.97 Å². The largest absolute Gasteiger partial charge is 0.478 e. The molecule has 7 heteroatoms. The van der Waals surface area contributed by atoms with Gasteiger partial charge in [0.15, 0.2) is 0 Å². The van der Waals surface area contributed by atoms with Gasteiger partial charge in [0.2, 0.25) is 0 Å². The van der Waals surface area contributed by atoms with Gasteiger partial charge in [-0.2, -0.15) is 0 Å². The van der Waals surface area contributed by atoms with Crippen LogP contribution in [0.25, 0.3) is 0 Å². The summed E-state index contributed by atoms with van der Waals surface area (Å²) in [5.41, 5.74) is 0.118. The zero-order valence-corrected chi connectivity index (χ0v) is 13.1. The third-order valence-electron chi connectivity index (χ3n) is 2.79. The highest BCUT2D eigenvalue weighted by molar-refractivity contribution is 6.29. The van der Waals surface area contributed by atoms with Crippen molar-refractivity contribution in [3.05, 3.63) is 22.8 Å². The molecule has 0 unspecified atom stereocenters. The lowest BCUT2D eigenvalue weighted by Crippen LogP contribution is -2.33. The topological polar surface area (TPSA) is 71.9 Å². The Bertz CT molecular complexity index is 447. The van der Waals surface area contributed by atoms with E-state index >= 15 is 0 Å². The van der Waals surface area contributed by atoms with Crippen molar-refractivity contribution in [2.75, 3.05) is 44.4 Å². The van der Waals surface area contributed by atoms with Crippen molar-refractivity contribution < 1.29 is 19.4 Å². The van der Waals surface area contributed by atoms with Crippen LogP contribution in [0.1, 0.15) is 24.2 Å². The number of anilines is 1. The molecule has 1 rings (SSSR count). The second-order valence-corrected chi connectivity index (χ2v) is 4.58. The first-order valence-electron chi connectivity index (χ1n) is 6.90. The molecule has 0 bridgehead atoms. The number of hydrogen-bond donors (Lipinski definition) is 1. The SMILES string of the molecule is CCOCCN(CCOCC)c1nc(Cl)ccc1C(=O)O. The van der Waals surface area contributed by atoms with Gasteiger partial charge in [0.1, 0.15) is 16.5 Å². The summed E-state index contributed by atoms with van der Waals surface area (Å²) in [5, 5.41) is 9.53. The Labute approximate surface area is 129 Å². The monoisotopic (exact) mass is 316 g/mol. The van der Waals surface area contributed by atoms with Gasteiger partial charge in [0, 0.05) is 26.3 Å². The van der Waals surface area contributed by atoms with Crippen LogP contribution >= 0.6 is 11.6 Å². The average Bonchev–Trinajstić information content (AvgIpc) is 2.45. The molecule has 1 N–H and O–H groups in total. The first-order chi connectivity index (χ1) is 10.1. The van der Waals surface area contributed by atoms with Crippen LogP contribution in [-0.4, -0.2) is 55.6 Å². The molecule has 0 atom stereocenters. The molecule has 0 saturated carbocycles. The van der Waals surface area contributed by atoms with E-state index in [0.29, 0.717) is 45.3 Å². The number of ether oxygens (including phenoxy) is 2. The molecule has 6 nitrogen and oxygen atoms in total. The van der Waals surface area contributed by atoms with E-state index in [2.05, 4.69) is 4.98 Å². The van der Waals surface area contributed by atoms with E-state index in [9.17, 15) is 9.90 Å². The Balaban J connectivity index is 2.93. The van der Waals surface area contributed by atoms with Crippen LogP contribution in [0, 0.1) is 0 Å². The number of carboxylic acids is 1. The maximum Gasteiger partial charge on any atom is 0.339 e. The minimum Gasteiger partial charge on any atom is -0.478 e. The van der Waals surface area contributed by atoms with Crippen LogP contribution < -0.4 is 4.90 Å². The summed E-state index contributed by atoms with van der Waals surface area (Å²) in [6.07, 6.45) is 0. The molecule has 21 heavy (non-hydrogen) atoms. The normalized spacial score (nSPS) is 10.6. The summed E-state index contributed by atoms with van der Waals surface area (Å²) in [5.74, 6) is -0.693. The first kappa shape index (κ1) is 17.7. The molecular weight excluding hydrogens is 296 g/mol. The molecule has 1 aromatic rings. The fourth-order valence-electron chi connectivity index (χ4n) is 1.80. The van der Waals surface area contributed by atoms with Gasteiger partial charge in [0.05, 0.1) is 13.2 Å². The first-order valence-corrected chi connectivity index (χ1v) is 7.28. The lowest BCUT2D eigenvalue weighted by Gasteiger charge is -2.25. The van der Waals surface area contributed by atoms with Crippen LogP contribution in [0.15, 0.2) is 12.1 Å². The highest BCUT2D eigenvalue weighted by Gasteiger charge is 2.18. The summed E-state index contributed by atoms with van der Waals surface area (Å²) in [6, 6.07) is 2.93. The summed E-state index contributed by atoms with van der Waals surface area (Å²) >= 11 is 5.90. The van der Waals surface area contributed by atoms with Gasteiger partial charge in [0.25, 0.3) is 0 Å². The van der Waals surface area contributed by atoms with Crippen LogP contribution in [0.5, 0.6) is 0 Å². The highest BCUT2D eigenvalue weighted by Crippen LogP contribution is 2.21. The second-order valence-electron chi connectivity index (χ2n) is 4.19. The van der Waals surface area contributed by atoms with Gasteiger partial charge in [-0.3, -0.25) is 0 Å². The Hall–Kier alpha value is -1.37. The Kier molecular flexibility index (Phi) is 8.04.